The fourth-order valence-electron chi connectivity index (χ4n) is 2.55. The Balaban J connectivity index is 2.73. The highest BCUT2D eigenvalue weighted by molar-refractivity contribution is 4.95. The summed E-state index contributed by atoms with van der Waals surface area (Å²) in [7, 11) is 4.32. The maximum atomic E-state index is 5.89. The number of rotatable bonds is 2. The number of nitrogens with zero attached hydrogens (tertiary/aromatic N) is 1. The average Bonchev–Trinajstić information content (AvgIpc) is 2.05. The predicted molar refractivity (Wildman–Crippen MR) is 53.1 cm³/mol. The van der Waals surface area contributed by atoms with E-state index < -0.39 is 0 Å². The van der Waals surface area contributed by atoms with E-state index in [1.54, 1.807) is 0 Å². The molecule has 0 saturated heterocycles. The van der Waals surface area contributed by atoms with Crippen molar-refractivity contribution in [2.75, 3.05) is 20.6 Å². The first-order valence-electron chi connectivity index (χ1n) is 5.01. The molecule has 2 N–H and O–H groups in total. The molecule has 2 atom stereocenters. The van der Waals surface area contributed by atoms with Crippen LogP contribution >= 0.6 is 0 Å². The van der Waals surface area contributed by atoms with Gasteiger partial charge >= 0.3 is 0 Å². The van der Waals surface area contributed by atoms with Gasteiger partial charge in [0.25, 0.3) is 0 Å². The van der Waals surface area contributed by atoms with Crippen LogP contribution in [-0.2, 0) is 0 Å². The van der Waals surface area contributed by atoms with Crippen LogP contribution < -0.4 is 5.73 Å². The van der Waals surface area contributed by atoms with Gasteiger partial charge in [-0.2, -0.15) is 0 Å². The molecule has 72 valence electrons. The summed E-state index contributed by atoms with van der Waals surface area (Å²) < 4.78 is 0. The van der Waals surface area contributed by atoms with E-state index in [1.165, 1.54) is 25.7 Å². The zero-order valence-electron chi connectivity index (χ0n) is 8.64. The summed E-state index contributed by atoms with van der Waals surface area (Å²) in [6.07, 6.45) is 5.35. The van der Waals surface area contributed by atoms with Gasteiger partial charge < -0.3 is 10.6 Å². The second-order valence-corrected chi connectivity index (χ2v) is 4.35. The quantitative estimate of drug-likeness (QED) is 0.680. The van der Waals surface area contributed by atoms with Crippen molar-refractivity contribution in [1.29, 1.82) is 0 Å². The monoisotopic (exact) mass is 170 g/mol. The predicted octanol–water partition coefficient (Wildman–Crippen LogP) is 1.46. The third-order valence-electron chi connectivity index (χ3n) is 3.66. The molecular weight excluding hydrogens is 148 g/mol. The molecule has 1 aliphatic carbocycles. The molecule has 0 bridgehead atoms. The Labute approximate surface area is 76.1 Å². The second-order valence-electron chi connectivity index (χ2n) is 4.35. The molecule has 2 nitrogen and oxygen atoms in total. The topological polar surface area (TPSA) is 29.3 Å². The molecule has 0 aromatic carbocycles. The molecule has 1 saturated carbocycles. The zero-order chi connectivity index (χ0) is 9.19. The Kier molecular flexibility index (Phi) is 3.13. The molecule has 2 heteroatoms. The van der Waals surface area contributed by atoms with Crippen LogP contribution in [0, 0.1) is 5.92 Å². The van der Waals surface area contributed by atoms with Crippen molar-refractivity contribution in [3.05, 3.63) is 0 Å². The lowest BCUT2D eigenvalue weighted by Gasteiger charge is -2.47. The van der Waals surface area contributed by atoms with E-state index in [0.717, 1.165) is 12.5 Å². The number of hydrogen-bond acceptors (Lipinski definition) is 2. The highest BCUT2D eigenvalue weighted by Crippen LogP contribution is 2.36. The molecule has 0 heterocycles. The highest BCUT2D eigenvalue weighted by Gasteiger charge is 2.38. The van der Waals surface area contributed by atoms with Gasteiger partial charge in [-0.25, -0.2) is 0 Å². The van der Waals surface area contributed by atoms with Crippen molar-refractivity contribution >= 4 is 0 Å². The summed E-state index contributed by atoms with van der Waals surface area (Å²) >= 11 is 0. The minimum Gasteiger partial charge on any atom is -0.329 e. The van der Waals surface area contributed by atoms with Gasteiger partial charge in [0.05, 0.1) is 0 Å². The van der Waals surface area contributed by atoms with Crippen LogP contribution in [-0.4, -0.2) is 31.1 Å². The molecule has 1 rings (SSSR count). The summed E-state index contributed by atoms with van der Waals surface area (Å²) in [5.41, 5.74) is 6.18. The van der Waals surface area contributed by atoms with Gasteiger partial charge in [0.15, 0.2) is 0 Å². The molecule has 0 amide bonds. The third kappa shape index (κ3) is 1.50. The lowest BCUT2D eigenvalue weighted by atomic mass is 9.73. The summed E-state index contributed by atoms with van der Waals surface area (Å²) in [6.45, 7) is 3.15. The lowest BCUT2D eigenvalue weighted by Crippen LogP contribution is -2.56. The van der Waals surface area contributed by atoms with Gasteiger partial charge in [0.1, 0.15) is 0 Å². The van der Waals surface area contributed by atoms with Crippen molar-refractivity contribution in [2.24, 2.45) is 11.7 Å². The summed E-state index contributed by atoms with van der Waals surface area (Å²) in [5, 5.41) is 0. The van der Waals surface area contributed by atoms with E-state index in [2.05, 4.69) is 25.9 Å². The molecule has 12 heavy (non-hydrogen) atoms. The van der Waals surface area contributed by atoms with Crippen LogP contribution in [0.2, 0.25) is 0 Å². The molecule has 0 aliphatic heterocycles. The minimum atomic E-state index is 0.290. The lowest BCUT2D eigenvalue weighted by molar-refractivity contribution is 0.0544. The first-order valence-corrected chi connectivity index (χ1v) is 5.01. The van der Waals surface area contributed by atoms with Crippen molar-refractivity contribution in [3.8, 4) is 0 Å². The Morgan fingerprint density at radius 1 is 1.42 bits per heavy atom. The van der Waals surface area contributed by atoms with Crippen molar-refractivity contribution in [3.63, 3.8) is 0 Å². The van der Waals surface area contributed by atoms with Gasteiger partial charge in [0.2, 0.25) is 0 Å². The average molecular weight is 170 g/mol. The number of hydrogen-bond donors (Lipinski definition) is 1. The molecule has 0 spiro atoms. The molecule has 0 aromatic rings. The van der Waals surface area contributed by atoms with Gasteiger partial charge in [-0.15, -0.1) is 0 Å². The van der Waals surface area contributed by atoms with Gasteiger partial charge in [-0.3, -0.25) is 0 Å². The molecule has 2 unspecified atom stereocenters. The van der Waals surface area contributed by atoms with Crippen LogP contribution in [0.25, 0.3) is 0 Å². The molecule has 0 radical (unpaired) electrons. The minimum absolute atomic E-state index is 0.290. The fraction of sp³-hybridized carbons (Fsp3) is 1.00. The molecule has 0 aromatic heterocycles. The first-order chi connectivity index (χ1) is 5.63. The fourth-order valence-corrected chi connectivity index (χ4v) is 2.55. The standard InChI is InChI=1S/C10H22N2/c1-9-6-4-5-7-10(9,8-11)12(2)3/h9H,4-8,11H2,1-3H3. The maximum absolute atomic E-state index is 5.89. The third-order valence-corrected chi connectivity index (χ3v) is 3.66. The zero-order valence-corrected chi connectivity index (χ0v) is 8.64. The van der Waals surface area contributed by atoms with Crippen LogP contribution in [0.5, 0.6) is 0 Å². The van der Waals surface area contributed by atoms with E-state index in [0.29, 0.717) is 0 Å². The number of nitrogens with two attached hydrogens (primary N) is 1. The maximum Gasteiger partial charge on any atom is 0.0351 e. The highest BCUT2D eigenvalue weighted by atomic mass is 15.2. The Bertz CT molecular complexity index is 145. The Morgan fingerprint density at radius 3 is 2.42 bits per heavy atom. The summed E-state index contributed by atoms with van der Waals surface area (Å²) in [4.78, 5) is 2.33. The second kappa shape index (κ2) is 3.75. The van der Waals surface area contributed by atoms with E-state index >= 15 is 0 Å². The van der Waals surface area contributed by atoms with E-state index in [9.17, 15) is 0 Å². The van der Waals surface area contributed by atoms with E-state index in [-0.39, 0.29) is 5.54 Å². The van der Waals surface area contributed by atoms with Crippen molar-refractivity contribution in [2.45, 2.75) is 38.1 Å². The van der Waals surface area contributed by atoms with E-state index in [1.807, 2.05) is 0 Å². The first kappa shape index (κ1) is 10.0. The molecule has 1 aliphatic rings. The largest absolute Gasteiger partial charge is 0.329 e. The number of likely N-dealkylation sites (N-methyl/N-ethyl adjacent to an activating group) is 1. The van der Waals surface area contributed by atoms with Gasteiger partial charge in [0, 0.05) is 12.1 Å². The SMILES string of the molecule is CC1CCCCC1(CN)N(C)C. The van der Waals surface area contributed by atoms with Gasteiger partial charge in [-0.1, -0.05) is 19.8 Å². The molecule has 1 fully saturated rings. The van der Waals surface area contributed by atoms with Crippen molar-refractivity contribution in [1.82, 2.24) is 4.90 Å². The van der Waals surface area contributed by atoms with E-state index in [4.69, 9.17) is 5.73 Å². The van der Waals surface area contributed by atoms with Crippen LogP contribution in [0.1, 0.15) is 32.6 Å². The van der Waals surface area contributed by atoms with Crippen molar-refractivity contribution < 1.29 is 0 Å². The Morgan fingerprint density at radius 2 is 2.08 bits per heavy atom. The molecular formula is C10H22N2. The van der Waals surface area contributed by atoms with Crippen LogP contribution in [0.3, 0.4) is 0 Å². The summed E-state index contributed by atoms with van der Waals surface area (Å²) in [6, 6.07) is 0. The van der Waals surface area contributed by atoms with Crippen LogP contribution in [0.15, 0.2) is 0 Å². The van der Waals surface area contributed by atoms with Gasteiger partial charge in [-0.05, 0) is 32.9 Å². The summed E-state index contributed by atoms with van der Waals surface area (Å²) in [5.74, 6) is 0.756. The Hall–Kier alpha value is -0.0800. The normalized spacial score (nSPS) is 37.2. The smallest absolute Gasteiger partial charge is 0.0351 e. The van der Waals surface area contributed by atoms with Crippen LogP contribution in [0.4, 0.5) is 0 Å².